The number of rotatable bonds is 3. The van der Waals surface area contributed by atoms with Gasteiger partial charge in [-0.25, -0.2) is 0 Å². The number of benzene rings is 2. The number of aryl methyl sites for hydroxylation is 1. The van der Waals surface area contributed by atoms with Gasteiger partial charge in [-0.1, -0.05) is 17.7 Å². The van der Waals surface area contributed by atoms with Crippen LogP contribution in [-0.4, -0.2) is 16.5 Å². The van der Waals surface area contributed by atoms with Crippen LogP contribution in [0, 0.1) is 6.92 Å². The van der Waals surface area contributed by atoms with Gasteiger partial charge in [0.25, 0.3) is 0 Å². The van der Waals surface area contributed by atoms with Crippen molar-refractivity contribution in [1.29, 1.82) is 0 Å². The standard InChI is InChI=1S/C18H13ClN2O2S/c1-10-20-21-18(23-10)11-3-6-17-14(7-11)15(9-22-17)13-5-4-12(24-2)8-16(13)19/h3-9H,1-2H3. The molecule has 24 heavy (non-hydrogen) atoms. The first-order valence-electron chi connectivity index (χ1n) is 7.31. The Morgan fingerprint density at radius 3 is 2.62 bits per heavy atom. The van der Waals surface area contributed by atoms with Crippen molar-refractivity contribution in [1.82, 2.24) is 10.2 Å². The average molecular weight is 357 g/mol. The van der Waals surface area contributed by atoms with Gasteiger partial charge in [0.2, 0.25) is 11.8 Å². The zero-order valence-corrected chi connectivity index (χ0v) is 14.6. The van der Waals surface area contributed by atoms with Crippen molar-refractivity contribution < 1.29 is 8.83 Å². The Morgan fingerprint density at radius 1 is 1.04 bits per heavy atom. The molecule has 2 aromatic carbocycles. The number of hydrogen-bond donors (Lipinski definition) is 0. The third-order valence-electron chi connectivity index (χ3n) is 3.81. The highest BCUT2D eigenvalue weighted by Gasteiger charge is 2.14. The molecule has 2 heterocycles. The van der Waals surface area contributed by atoms with Crippen LogP contribution >= 0.6 is 23.4 Å². The summed E-state index contributed by atoms with van der Waals surface area (Å²) in [5, 5.41) is 9.61. The van der Waals surface area contributed by atoms with Crippen LogP contribution in [0.2, 0.25) is 5.02 Å². The second-order valence-electron chi connectivity index (χ2n) is 5.33. The van der Waals surface area contributed by atoms with Gasteiger partial charge >= 0.3 is 0 Å². The third-order valence-corrected chi connectivity index (χ3v) is 4.85. The summed E-state index contributed by atoms with van der Waals surface area (Å²) in [6, 6.07) is 11.8. The summed E-state index contributed by atoms with van der Waals surface area (Å²) in [5.41, 5.74) is 3.52. The maximum absolute atomic E-state index is 6.46. The quantitative estimate of drug-likeness (QED) is 0.432. The van der Waals surface area contributed by atoms with E-state index < -0.39 is 0 Å². The highest BCUT2D eigenvalue weighted by atomic mass is 35.5. The molecule has 0 saturated carbocycles. The second-order valence-corrected chi connectivity index (χ2v) is 6.62. The number of aromatic nitrogens is 2. The van der Waals surface area contributed by atoms with E-state index in [1.165, 1.54) is 0 Å². The van der Waals surface area contributed by atoms with E-state index >= 15 is 0 Å². The Kier molecular flexibility index (Phi) is 3.82. The van der Waals surface area contributed by atoms with Crippen molar-refractivity contribution in [2.45, 2.75) is 11.8 Å². The first-order valence-corrected chi connectivity index (χ1v) is 8.91. The third kappa shape index (κ3) is 2.60. The van der Waals surface area contributed by atoms with E-state index in [-0.39, 0.29) is 0 Å². The van der Waals surface area contributed by atoms with Crippen molar-refractivity contribution >= 4 is 34.3 Å². The lowest BCUT2D eigenvalue weighted by atomic mass is 10.0. The zero-order chi connectivity index (χ0) is 16.7. The second kappa shape index (κ2) is 6.00. The number of hydrogen-bond acceptors (Lipinski definition) is 5. The number of furan rings is 1. The van der Waals surface area contributed by atoms with E-state index in [1.807, 2.05) is 36.6 Å². The summed E-state index contributed by atoms with van der Waals surface area (Å²) >= 11 is 8.12. The summed E-state index contributed by atoms with van der Waals surface area (Å²) in [6.07, 6.45) is 3.75. The molecule has 0 aliphatic carbocycles. The van der Waals surface area contributed by atoms with Gasteiger partial charge in [0.1, 0.15) is 5.58 Å². The fraction of sp³-hybridized carbons (Fsp3) is 0.111. The molecule has 0 aliphatic rings. The normalized spacial score (nSPS) is 11.3. The monoisotopic (exact) mass is 356 g/mol. The Bertz CT molecular complexity index is 1040. The van der Waals surface area contributed by atoms with Crippen molar-refractivity contribution in [3.63, 3.8) is 0 Å². The fourth-order valence-corrected chi connectivity index (χ4v) is 3.41. The van der Waals surface area contributed by atoms with Crippen LogP contribution in [0.15, 0.2) is 56.4 Å². The Hall–Kier alpha value is -2.24. The summed E-state index contributed by atoms with van der Waals surface area (Å²) < 4.78 is 11.2. The largest absolute Gasteiger partial charge is 0.464 e. The van der Waals surface area contributed by atoms with Crippen molar-refractivity contribution in [2.24, 2.45) is 0 Å². The number of nitrogens with zero attached hydrogens (tertiary/aromatic N) is 2. The highest BCUT2D eigenvalue weighted by Crippen LogP contribution is 2.38. The van der Waals surface area contributed by atoms with Crippen LogP contribution in [0.5, 0.6) is 0 Å². The molecule has 0 aliphatic heterocycles. The van der Waals surface area contributed by atoms with E-state index in [1.54, 1.807) is 24.9 Å². The lowest BCUT2D eigenvalue weighted by Gasteiger charge is -2.05. The molecular formula is C18H13ClN2O2S. The Morgan fingerprint density at radius 2 is 1.92 bits per heavy atom. The smallest absolute Gasteiger partial charge is 0.247 e. The first-order chi connectivity index (χ1) is 11.7. The van der Waals surface area contributed by atoms with Gasteiger partial charge in [0.05, 0.1) is 6.26 Å². The van der Waals surface area contributed by atoms with Gasteiger partial charge in [-0.2, -0.15) is 0 Å². The molecular weight excluding hydrogens is 344 g/mol. The molecule has 120 valence electrons. The number of fused-ring (bicyclic) bond motifs is 1. The molecule has 0 unspecified atom stereocenters. The van der Waals surface area contributed by atoms with Crippen molar-refractivity contribution in [3.05, 3.63) is 53.6 Å². The van der Waals surface area contributed by atoms with Crippen molar-refractivity contribution in [2.75, 3.05) is 6.26 Å². The topological polar surface area (TPSA) is 52.1 Å². The highest BCUT2D eigenvalue weighted by molar-refractivity contribution is 7.98. The van der Waals surface area contributed by atoms with Crippen LogP contribution in [0.3, 0.4) is 0 Å². The molecule has 0 radical (unpaired) electrons. The van der Waals surface area contributed by atoms with E-state index in [0.717, 1.165) is 32.6 Å². The minimum Gasteiger partial charge on any atom is -0.464 e. The molecule has 2 aromatic heterocycles. The number of halogens is 1. The average Bonchev–Trinajstić information content (AvgIpc) is 3.20. The lowest BCUT2D eigenvalue weighted by Crippen LogP contribution is -1.81. The van der Waals surface area contributed by atoms with E-state index in [9.17, 15) is 0 Å². The van der Waals surface area contributed by atoms with E-state index in [0.29, 0.717) is 16.8 Å². The molecule has 6 heteroatoms. The SMILES string of the molecule is CSc1ccc(-c2coc3ccc(-c4nnc(C)o4)cc23)c(Cl)c1. The van der Waals surface area contributed by atoms with Gasteiger partial charge in [0.15, 0.2) is 0 Å². The predicted octanol–water partition coefficient (Wildman–Crippen LogP) is 5.83. The molecule has 0 amide bonds. The molecule has 4 nitrogen and oxygen atoms in total. The minimum atomic E-state index is 0.491. The maximum Gasteiger partial charge on any atom is 0.247 e. The summed E-state index contributed by atoms with van der Waals surface area (Å²) in [4.78, 5) is 1.12. The number of thioether (sulfide) groups is 1. The van der Waals surface area contributed by atoms with E-state index in [2.05, 4.69) is 16.3 Å². The summed E-state index contributed by atoms with van der Waals surface area (Å²) in [7, 11) is 0. The Balaban J connectivity index is 1.87. The molecule has 0 N–H and O–H groups in total. The molecule has 0 atom stereocenters. The molecule has 0 bridgehead atoms. The van der Waals surface area contributed by atoms with Crippen LogP contribution < -0.4 is 0 Å². The first kappa shape index (κ1) is 15.3. The minimum absolute atomic E-state index is 0.491. The van der Waals surface area contributed by atoms with Gasteiger partial charge in [-0.05, 0) is 36.6 Å². The molecule has 0 fully saturated rings. The van der Waals surface area contributed by atoms with Gasteiger partial charge in [-0.3, -0.25) is 0 Å². The predicted molar refractivity (Wildman–Crippen MR) is 96.5 cm³/mol. The van der Waals surface area contributed by atoms with Crippen LogP contribution in [-0.2, 0) is 0 Å². The molecule has 4 rings (SSSR count). The summed E-state index contributed by atoms with van der Waals surface area (Å²) in [6.45, 7) is 1.77. The van der Waals surface area contributed by atoms with Gasteiger partial charge in [-0.15, -0.1) is 22.0 Å². The molecule has 4 aromatic rings. The van der Waals surface area contributed by atoms with Gasteiger partial charge in [0, 0.05) is 38.9 Å². The van der Waals surface area contributed by atoms with Crippen LogP contribution in [0.4, 0.5) is 0 Å². The fourth-order valence-electron chi connectivity index (χ4n) is 2.63. The van der Waals surface area contributed by atoms with Crippen molar-refractivity contribution in [3.8, 4) is 22.6 Å². The Labute approximate surface area is 147 Å². The molecule has 0 spiro atoms. The van der Waals surface area contributed by atoms with Gasteiger partial charge < -0.3 is 8.83 Å². The lowest BCUT2D eigenvalue weighted by molar-refractivity contribution is 0.533. The zero-order valence-electron chi connectivity index (χ0n) is 13.0. The van der Waals surface area contributed by atoms with Crippen LogP contribution in [0.25, 0.3) is 33.6 Å². The molecule has 0 saturated heterocycles. The van der Waals surface area contributed by atoms with E-state index in [4.69, 9.17) is 20.4 Å². The summed E-state index contributed by atoms with van der Waals surface area (Å²) in [5.74, 6) is 1.03. The maximum atomic E-state index is 6.46. The van der Waals surface area contributed by atoms with Crippen LogP contribution in [0.1, 0.15) is 5.89 Å².